The summed E-state index contributed by atoms with van der Waals surface area (Å²) < 4.78 is 4.81. The highest BCUT2D eigenvalue weighted by Crippen LogP contribution is 2.24. The van der Waals surface area contributed by atoms with Crippen LogP contribution in [0.1, 0.15) is 21.5 Å². The number of amides is 2. The zero-order valence-electron chi connectivity index (χ0n) is 15.1. The van der Waals surface area contributed by atoms with Gasteiger partial charge in [0.1, 0.15) is 0 Å². The van der Waals surface area contributed by atoms with Crippen LogP contribution in [0.2, 0.25) is 0 Å². The Morgan fingerprint density at radius 3 is 2.59 bits per heavy atom. The third kappa shape index (κ3) is 3.49. The van der Waals surface area contributed by atoms with Crippen molar-refractivity contribution in [1.29, 1.82) is 0 Å². The predicted molar refractivity (Wildman–Crippen MR) is 105 cm³/mol. The highest BCUT2D eigenvalue weighted by atomic mass is 16.5. The third-order valence-corrected chi connectivity index (χ3v) is 4.92. The quantitative estimate of drug-likeness (QED) is 0.744. The van der Waals surface area contributed by atoms with Gasteiger partial charge in [-0.1, -0.05) is 36.4 Å². The van der Waals surface area contributed by atoms with Crippen LogP contribution in [0.25, 0.3) is 10.8 Å². The maximum atomic E-state index is 12.6. The molecule has 136 valence electrons. The lowest BCUT2D eigenvalue weighted by Crippen LogP contribution is -2.35. The van der Waals surface area contributed by atoms with Crippen LogP contribution in [-0.2, 0) is 17.7 Å². The van der Waals surface area contributed by atoms with Gasteiger partial charge < -0.3 is 15.0 Å². The minimum absolute atomic E-state index is 0.152. The van der Waals surface area contributed by atoms with Crippen molar-refractivity contribution >= 4 is 28.5 Å². The molecule has 5 heteroatoms. The number of nitrogens with one attached hydrogen (secondary N) is 1. The van der Waals surface area contributed by atoms with Crippen molar-refractivity contribution in [3.63, 3.8) is 0 Å². The fourth-order valence-electron chi connectivity index (χ4n) is 3.45. The fourth-order valence-corrected chi connectivity index (χ4v) is 3.45. The molecule has 0 unspecified atom stereocenters. The molecule has 0 radical (unpaired) electrons. The maximum Gasteiger partial charge on any atom is 0.409 e. The zero-order valence-corrected chi connectivity index (χ0v) is 15.1. The van der Waals surface area contributed by atoms with Crippen molar-refractivity contribution in [3.05, 3.63) is 77.4 Å². The monoisotopic (exact) mass is 360 g/mol. The summed E-state index contributed by atoms with van der Waals surface area (Å²) in [6, 6.07) is 19.5. The molecule has 0 fully saturated rings. The summed E-state index contributed by atoms with van der Waals surface area (Å²) in [5.41, 5.74) is 3.56. The highest BCUT2D eigenvalue weighted by Gasteiger charge is 2.21. The normalized spacial score (nSPS) is 13.1. The summed E-state index contributed by atoms with van der Waals surface area (Å²) in [6.45, 7) is 1.13. The second kappa shape index (κ2) is 7.11. The number of benzene rings is 3. The molecule has 1 N–H and O–H groups in total. The molecular weight excluding hydrogens is 340 g/mol. The molecule has 0 aliphatic carbocycles. The van der Waals surface area contributed by atoms with E-state index in [1.165, 1.54) is 12.7 Å². The molecule has 0 aromatic heterocycles. The molecule has 0 bridgehead atoms. The van der Waals surface area contributed by atoms with Crippen LogP contribution in [0.3, 0.4) is 0 Å². The molecule has 1 aliphatic rings. The number of ether oxygens (including phenoxy) is 1. The molecule has 3 aromatic rings. The van der Waals surface area contributed by atoms with Crippen molar-refractivity contribution < 1.29 is 14.3 Å². The predicted octanol–water partition coefficient (Wildman–Crippen LogP) is 4.22. The van der Waals surface area contributed by atoms with E-state index in [4.69, 9.17) is 4.74 Å². The van der Waals surface area contributed by atoms with Gasteiger partial charge in [0.25, 0.3) is 5.91 Å². The average molecular weight is 360 g/mol. The van der Waals surface area contributed by atoms with E-state index < -0.39 is 0 Å². The van der Waals surface area contributed by atoms with Crippen molar-refractivity contribution in [1.82, 2.24) is 4.90 Å². The SMILES string of the molecule is COC(=O)N1CCc2ccc(NC(=O)c3ccc4ccccc4c3)cc2C1. The van der Waals surface area contributed by atoms with Crippen LogP contribution in [0, 0.1) is 0 Å². The summed E-state index contributed by atoms with van der Waals surface area (Å²) in [7, 11) is 1.39. The minimum atomic E-state index is -0.328. The second-order valence-corrected chi connectivity index (χ2v) is 6.64. The molecular formula is C22H20N2O3. The Morgan fingerprint density at radius 1 is 0.963 bits per heavy atom. The standard InChI is InChI=1S/C22H20N2O3/c1-27-22(26)24-11-10-16-8-9-20(13-19(16)14-24)23-21(25)18-7-6-15-4-2-3-5-17(15)12-18/h2-9,12-13H,10-11,14H2,1H3,(H,23,25). The summed E-state index contributed by atoms with van der Waals surface area (Å²) in [5, 5.41) is 5.09. The Balaban J connectivity index is 1.54. The first-order valence-electron chi connectivity index (χ1n) is 8.89. The summed E-state index contributed by atoms with van der Waals surface area (Å²) >= 11 is 0. The fraction of sp³-hybridized carbons (Fsp3) is 0.182. The van der Waals surface area contributed by atoms with E-state index in [0.717, 1.165) is 28.4 Å². The largest absolute Gasteiger partial charge is 0.453 e. The van der Waals surface area contributed by atoms with E-state index in [0.29, 0.717) is 18.7 Å². The lowest BCUT2D eigenvalue weighted by molar-refractivity contribution is 0.102. The van der Waals surface area contributed by atoms with Gasteiger partial charge in [-0.25, -0.2) is 4.79 Å². The first-order valence-corrected chi connectivity index (χ1v) is 8.89. The molecule has 0 saturated heterocycles. The van der Waals surface area contributed by atoms with E-state index in [1.807, 2.05) is 60.7 Å². The smallest absolute Gasteiger partial charge is 0.409 e. The Labute approximate surface area is 157 Å². The molecule has 5 nitrogen and oxygen atoms in total. The van der Waals surface area contributed by atoms with Gasteiger partial charge in [0, 0.05) is 24.3 Å². The average Bonchev–Trinajstić information content (AvgIpc) is 2.72. The topological polar surface area (TPSA) is 58.6 Å². The molecule has 1 heterocycles. The molecule has 0 spiro atoms. The zero-order chi connectivity index (χ0) is 18.8. The Hall–Kier alpha value is -3.34. The summed E-state index contributed by atoms with van der Waals surface area (Å²) in [4.78, 5) is 26.1. The van der Waals surface area contributed by atoms with Gasteiger partial charge in [0.15, 0.2) is 0 Å². The second-order valence-electron chi connectivity index (χ2n) is 6.64. The van der Waals surface area contributed by atoms with Gasteiger partial charge in [-0.3, -0.25) is 4.79 Å². The van der Waals surface area contributed by atoms with Crippen molar-refractivity contribution in [3.8, 4) is 0 Å². The lowest BCUT2D eigenvalue weighted by atomic mass is 9.99. The molecule has 3 aromatic carbocycles. The Morgan fingerprint density at radius 2 is 1.78 bits per heavy atom. The van der Waals surface area contributed by atoms with Crippen LogP contribution in [0.5, 0.6) is 0 Å². The van der Waals surface area contributed by atoms with E-state index >= 15 is 0 Å². The van der Waals surface area contributed by atoms with E-state index in [2.05, 4.69) is 5.32 Å². The van der Waals surface area contributed by atoms with Crippen LogP contribution >= 0.6 is 0 Å². The third-order valence-electron chi connectivity index (χ3n) is 4.92. The van der Waals surface area contributed by atoms with Gasteiger partial charge in [0.05, 0.1) is 7.11 Å². The molecule has 27 heavy (non-hydrogen) atoms. The van der Waals surface area contributed by atoms with Gasteiger partial charge >= 0.3 is 6.09 Å². The van der Waals surface area contributed by atoms with E-state index in [-0.39, 0.29) is 12.0 Å². The Kier molecular flexibility index (Phi) is 4.50. The van der Waals surface area contributed by atoms with Gasteiger partial charge in [-0.05, 0) is 52.6 Å². The lowest BCUT2D eigenvalue weighted by Gasteiger charge is -2.28. The molecule has 1 aliphatic heterocycles. The first-order chi connectivity index (χ1) is 13.1. The van der Waals surface area contributed by atoms with Crippen LogP contribution < -0.4 is 5.32 Å². The number of fused-ring (bicyclic) bond motifs is 2. The first kappa shape index (κ1) is 17.1. The van der Waals surface area contributed by atoms with Crippen LogP contribution in [0.4, 0.5) is 10.5 Å². The van der Waals surface area contributed by atoms with E-state index in [9.17, 15) is 9.59 Å². The van der Waals surface area contributed by atoms with Crippen molar-refractivity contribution in [2.75, 3.05) is 19.0 Å². The molecule has 4 rings (SSSR count). The molecule has 2 amide bonds. The van der Waals surface area contributed by atoms with Gasteiger partial charge in [-0.2, -0.15) is 0 Å². The van der Waals surface area contributed by atoms with E-state index in [1.54, 1.807) is 4.90 Å². The molecule has 0 saturated carbocycles. The number of anilines is 1. The van der Waals surface area contributed by atoms with Gasteiger partial charge in [0.2, 0.25) is 0 Å². The van der Waals surface area contributed by atoms with Crippen LogP contribution in [-0.4, -0.2) is 30.6 Å². The minimum Gasteiger partial charge on any atom is -0.453 e. The number of rotatable bonds is 2. The number of nitrogens with zero attached hydrogens (tertiary/aromatic N) is 1. The molecule has 0 atom stereocenters. The summed E-state index contributed by atoms with van der Waals surface area (Å²) in [5.74, 6) is -0.152. The number of methoxy groups -OCH3 is 1. The maximum absolute atomic E-state index is 12.6. The summed E-state index contributed by atoms with van der Waals surface area (Å²) in [6.07, 6.45) is 0.454. The Bertz CT molecular complexity index is 1030. The van der Waals surface area contributed by atoms with Crippen molar-refractivity contribution in [2.45, 2.75) is 13.0 Å². The van der Waals surface area contributed by atoms with Gasteiger partial charge in [-0.15, -0.1) is 0 Å². The highest BCUT2D eigenvalue weighted by molar-refractivity contribution is 6.06. The number of hydrogen-bond donors (Lipinski definition) is 1. The number of carbonyl (C=O) groups is 2. The van der Waals surface area contributed by atoms with Crippen molar-refractivity contribution in [2.24, 2.45) is 0 Å². The van der Waals surface area contributed by atoms with Crippen LogP contribution in [0.15, 0.2) is 60.7 Å². The number of hydrogen-bond acceptors (Lipinski definition) is 3. The number of carbonyl (C=O) groups excluding carboxylic acids is 2.